The van der Waals surface area contributed by atoms with Crippen LogP contribution < -0.4 is 0 Å². The summed E-state index contributed by atoms with van der Waals surface area (Å²) in [6, 6.07) is 3.74. The second-order valence-corrected chi connectivity index (χ2v) is 4.61. The predicted octanol–water partition coefficient (Wildman–Crippen LogP) is 3.81. The first-order valence-corrected chi connectivity index (χ1v) is 5.76. The Kier molecular flexibility index (Phi) is 3.45. The lowest BCUT2D eigenvalue weighted by Gasteiger charge is -2.18. The molecule has 1 nitrogen and oxygen atoms in total. The fraction of sp³-hybridized carbons (Fsp3) is 0.500. The first kappa shape index (κ1) is 11.8. The molecule has 1 fully saturated rings. The molecule has 16 heavy (non-hydrogen) atoms. The van der Waals surface area contributed by atoms with Crippen molar-refractivity contribution < 1.29 is 13.5 Å². The van der Waals surface area contributed by atoms with Gasteiger partial charge in [0.2, 0.25) is 0 Å². The lowest BCUT2D eigenvalue weighted by atomic mass is 10.0. The van der Waals surface area contributed by atoms with Gasteiger partial charge in [-0.15, -0.1) is 11.6 Å². The second-order valence-electron chi connectivity index (χ2n) is 4.14. The number of halogens is 3. The van der Waals surface area contributed by atoms with E-state index in [0.29, 0.717) is 5.56 Å². The number of ether oxygens (including phenoxy) is 1. The van der Waals surface area contributed by atoms with Crippen LogP contribution in [0.15, 0.2) is 18.2 Å². The Morgan fingerprint density at radius 1 is 1.31 bits per heavy atom. The highest BCUT2D eigenvalue weighted by atomic mass is 35.5. The topological polar surface area (TPSA) is 9.23 Å². The van der Waals surface area contributed by atoms with E-state index < -0.39 is 17.0 Å². The zero-order chi connectivity index (χ0) is 11.7. The van der Waals surface area contributed by atoms with Gasteiger partial charge in [0, 0.05) is 0 Å². The Bertz CT molecular complexity index is 383. The van der Waals surface area contributed by atoms with Gasteiger partial charge < -0.3 is 4.74 Å². The van der Waals surface area contributed by atoms with Gasteiger partial charge in [-0.3, -0.25) is 0 Å². The lowest BCUT2D eigenvalue weighted by molar-refractivity contribution is 0.0533. The Morgan fingerprint density at radius 3 is 2.62 bits per heavy atom. The van der Waals surface area contributed by atoms with Gasteiger partial charge >= 0.3 is 0 Å². The van der Waals surface area contributed by atoms with Crippen molar-refractivity contribution in [1.82, 2.24) is 0 Å². The minimum atomic E-state index is -0.866. The summed E-state index contributed by atoms with van der Waals surface area (Å²) in [5, 5.41) is -0.417. The molecule has 0 N–H and O–H groups in total. The van der Waals surface area contributed by atoms with E-state index in [4.69, 9.17) is 16.3 Å². The monoisotopic (exact) mass is 246 g/mol. The third-order valence-corrected chi connectivity index (χ3v) is 3.39. The lowest BCUT2D eigenvalue weighted by Crippen LogP contribution is -2.14. The minimum Gasteiger partial charge on any atom is -0.373 e. The summed E-state index contributed by atoms with van der Waals surface area (Å²) >= 11 is 6.19. The average molecular weight is 247 g/mol. The molecule has 0 bridgehead atoms. The molecule has 3 unspecified atom stereocenters. The van der Waals surface area contributed by atoms with Crippen molar-refractivity contribution in [3.63, 3.8) is 0 Å². The van der Waals surface area contributed by atoms with Gasteiger partial charge in [-0.1, -0.05) is 6.07 Å². The van der Waals surface area contributed by atoms with Crippen molar-refractivity contribution in [3.8, 4) is 0 Å². The smallest absolute Gasteiger partial charge is 0.159 e. The number of benzene rings is 1. The van der Waals surface area contributed by atoms with Crippen LogP contribution >= 0.6 is 11.6 Å². The molecule has 1 aromatic carbocycles. The molecule has 2 rings (SSSR count). The maximum absolute atomic E-state index is 13.0. The van der Waals surface area contributed by atoms with Gasteiger partial charge in [0.15, 0.2) is 11.6 Å². The maximum atomic E-state index is 13.0. The Hall–Kier alpha value is -0.670. The average Bonchev–Trinajstić information content (AvgIpc) is 2.68. The first-order valence-electron chi connectivity index (χ1n) is 5.32. The van der Waals surface area contributed by atoms with Crippen LogP contribution in [0.4, 0.5) is 8.78 Å². The van der Waals surface area contributed by atoms with Gasteiger partial charge in [0.25, 0.3) is 0 Å². The quantitative estimate of drug-likeness (QED) is 0.721. The normalized spacial score (nSPS) is 27.0. The molecule has 1 heterocycles. The standard InChI is InChI=1S/C12H13ClF2O/c1-7-2-5-11(16-7)12(13)8-3-4-9(14)10(15)6-8/h3-4,6-7,11-12H,2,5H2,1H3. The van der Waals surface area contributed by atoms with Crippen LogP contribution in [0, 0.1) is 11.6 Å². The van der Waals surface area contributed by atoms with E-state index >= 15 is 0 Å². The van der Waals surface area contributed by atoms with E-state index in [1.807, 2.05) is 6.92 Å². The Labute approximate surface area is 98.4 Å². The van der Waals surface area contributed by atoms with E-state index in [2.05, 4.69) is 0 Å². The van der Waals surface area contributed by atoms with Gasteiger partial charge in [-0.25, -0.2) is 8.78 Å². The van der Waals surface area contributed by atoms with E-state index in [1.54, 1.807) is 0 Å². The van der Waals surface area contributed by atoms with E-state index in [-0.39, 0.29) is 12.2 Å². The van der Waals surface area contributed by atoms with Gasteiger partial charge in [-0.05, 0) is 37.5 Å². The highest BCUT2D eigenvalue weighted by Gasteiger charge is 2.29. The number of hydrogen-bond donors (Lipinski definition) is 0. The molecular weight excluding hydrogens is 234 g/mol. The SMILES string of the molecule is CC1CCC(C(Cl)c2ccc(F)c(F)c2)O1. The molecule has 88 valence electrons. The van der Waals surface area contributed by atoms with Crippen LogP contribution in [0.1, 0.15) is 30.7 Å². The van der Waals surface area contributed by atoms with Crippen molar-refractivity contribution in [1.29, 1.82) is 0 Å². The molecule has 4 heteroatoms. The molecule has 1 aromatic rings. The van der Waals surface area contributed by atoms with Gasteiger partial charge in [-0.2, -0.15) is 0 Å². The van der Waals surface area contributed by atoms with Crippen LogP contribution in [0.3, 0.4) is 0 Å². The molecule has 0 radical (unpaired) electrons. The molecule has 0 aromatic heterocycles. The minimum absolute atomic E-state index is 0.110. The van der Waals surface area contributed by atoms with Gasteiger partial charge in [0.1, 0.15) is 0 Å². The Balaban J connectivity index is 2.14. The van der Waals surface area contributed by atoms with Crippen molar-refractivity contribution >= 4 is 11.6 Å². The number of hydrogen-bond acceptors (Lipinski definition) is 1. The third-order valence-electron chi connectivity index (χ3n) is 2.85. The fourth-order valence-corrected chi connectivity index (χ4v) is 2.27. The zero-order valence-electron chi connectivity index (χ0n) is 8.92. The molecule has 1 aliphatic heterocycles. The van der Waals surface area contributed by atoms with E-state index in [1.165, 1.54) is 6.07 Å². The maximum Gasteiger partial charge on any atom is 0.159 e. The predicted molar refractivity (Wildman–Crippen MR) is 58.5 cm³/mol. The molecule has 1 saturated heterocycles. The Morgan fingerprint density at radius 2 is 2.06 bits per heavy atom. The van der Waals surface area contributed by atoms with Crippen molar-refractivity contribution in [2.24, 2.45) is 0 Å². The fourth-order valence-electron chi connectivity index (χ4n) is 1.95. The summed E-state index contributed by atoms with van der Waals surface area (Å²) in [7, 11) is 0. The second kappa shape index (κ2) is 4.68. The summed E-state index contributed by atoms with van der Waals surface area (Å²) in [5.41, 5.74) is 0.569. The van der Waals surface area contributed by atoms with Crippen molar-refractivity contribution in [3.05, 3.63) is 35.4 Å². The summed E-state index contributed by atoms with van der Waals surface area (Å²) in [6.07, 6.45) is 1.89. The largest absolute Gasteiger partial charge is 0.373 e. The highest BCUT2D eigenvalue weighted by Crippen LogP contribution is 2.34. The van der Waals surface area contributed by atoms with Crippen molar-refractivity contribution in [2.75, 3.05) is 0 Å². The number of alkyl halides is 1. The molecule has 3 atom stereocenters. The molecule has 1 aliphatic rings. The van der Waals surface area contributed by atoms with Crippen molar-refractivity contribution in [2.45, 2.75) is 37.4 Å². The molecule has 0 spiro atoms. The van der Waals surface area contributed by atoms with E-state index in [0.717, 1.165) is 25.0 Å². The molecule has 0 aliphatic carbocycles. The first-order chi connectivity index (χ1) is 7.58. The summed E-state index contributed by atoms with van der Waals surface area (Å²) in [5.74, 6) is -1.72. The molecule has 0 saturated carbocycles. The summed E-state index contributed by atoms with van der Waals surface area (Å²) < 4.78 is 31.4. The van der Waals surface area contributed by atoms with E-state index in [9.17, 15) is 8.78 Å². The van der Waals surface area contributed by atoms with Crippen LogP contribution in [0.2, 0.25) is 0 Å². The van der Waals surface area contributed by atoms with Crippen LogP contribution in [0.25, 0.3) is 0 Å². The van der Waals surface area contributed by atoms with Crippen LogP contribution in [0.5, 0.6) is 0 Å². The molecular formula is C12H13ClF2O. The van der Waals surface area contributed by atoms with Crippen LogP contribution in [-0.4, -0.2) is 12.2 Å². The van der Waals surface area contributed by atoms with Crippen LogP contribution in [-0.2, 0) is 4.74 Å². The number of rotatable bonds is 2. The molecule has 0 amide bonds. The van der Waals surface area contributed by atoms with Gasteiger partial charge in [0.05, 0.1) is 17.6 Å². The highest BCUT2D eigenvalue weighted by molar-refractivity contribution is 6.21. The zero-order valence-corrected chi connectivity index (χ0v) is 9.68. The summed E-state index contributed by atoms with van der Waals surface area (Å²) in [6.45, 7) is 1.98. The third kappa shape index (κ3) is 2.36. The summed E-state index contributed by atoms with van der Waals surface area (Å²) in [4.78, 5) is 0.